The van der Waals surface area contributed by atoms with Crippen molar-refractivity contribution < 1.29 is 4.79 Å². The molecule has 0 fully saturated rings. The average Bonchev–Trinajstić information content (AvgIpc) is 2.44. The summed E-state index contributed by atoms with van der Waals surface area (Å²) in [5.74, 6) is 0.358. The second kappa shape index (κ2) is 6.66. The Labute approximate surface area is 121 Å². The maximum atomic E-state index is 12.2. The maximum absolute atomic E-state index is 12.2. The van der Waals surface area contributed by atoms with E-state index >= 15 is 0 Å². The number of nitrogens with one attached hydrogen (secondary N) is 1. The topological polar surface area (TPSA) is 42.0 Å². The van der Waals surface area contributed by atoms with Crippen LogP contribution in [0.1, 0.15) is 23.8 Å². The molecule has 1 heterocycles. The molecule has 0 radical (unpaired) electrons. The van der Waals surface area contributed by atoms with Gasteiger partial charge in [0.1, 0.15) is 5.69 Å². The Morgan fingerprint density at radius 1 is 1.37 bits per heavy atom. The van der Waals surface area contributed by atoms with E-state index in [-0.39, 0.29) is 5.91 Å². The third-order valence-corrected chi connectivity index (χ3v) is 3.56. The Hall–Kier alpha value is -1.42. The van der Waals surface area contributed by atoms with Crippen molar-refractivity contribution in [1.29, 1.82) is 0 Å². The van der Waals surface area contributed by atoms with Crippen LogP contribution in [0.5, 0.6) is 0 Å². The lowest BCUT2D eigenvalue weighted by Gasteiger charge is -2.11. The molecule has 0 saturated heterocycles. The monoisotopic (exact) mass is 320 g/mol. The first-order chi connectivity index (χ1) is 9.22. The zero-order valence-corrected chi connectivity index (χ0v) is 12.5. The van der Waals surface area contributed by atoms with Crippen LogP contribution >= 0.6 is 15.9 Å². The van der Waals surface area contributed by atoms with Crippen molar-refractivity contribution >= 4 is 32.6 Å². The van der Waals surface area contributed by atoms with E-state index in [4.69, 9.17) is 0 Å². The molecule has 4 heteroatoms. The molecule has 0 bridgehead atoms. The summed E-state index contributed by atoms with van der Waals surface area (Å²) in [6.07, 6.45) is 2.72. The molecule has 2 rings (SSSR count). The van der Waals surface area contributed by atoms with Crippen LogP contribution in [0.2, 0.25) is 0 Å². The molecule has 100 valence electrons. The number of alkyl halides is 1. The van der Waals surface area contributed by atoms with Gasteiger partial charge in [0.15, 0.2) is 0 Å². The van der Waals surface area contributed by atoms with E-state index in [9.17, 15) is 4.79 Å². The minimum atomic E-state index is -0.0989. The van der Waals surface area contributed by atoms with Crippen molar-refractivity contribution in [3.63, 3.8) is 0 Å². The molecule has 0 aliphatic rings. The van der Waals surface area contributed by atoms with Gasteiger partial charge in [-0.3, -0.25) is 9.78 Å². The van der Waals surface area contributed by atoms with Gasteiger partial charge in [0, 0.05) is 23.5 Å². The molecule has 1 N–H and O–H groups in total. The number of amides is 1. The van der Waals surface area contributed by atoms with Gasteiger partial charge in [-0.15, -0.1) is 0 Å². The molecule has 0 saturated carbocycles. The first-order valence-electron chi connectivity index (χ1n) is 6.40. The number of benzene rings is 1. The number of pyridine rings is 1. The molecule has 2 aromatic rings. The lowest BCUT2D eigenvalue weighted by atomic mass is 10.1. The Balaban J connectivity index is 2.13. The molecule has 1 unspecified atom stereocenters. The van der Waals surface area contributed by atoms with Crippen LogP contribution in [0.15, 0.2) is 36.5 Å². The third-order valence-electron chi connectivity index (χ3n) is 3.10. The first-order valence-corrected chi connectivity index (χ1v) is 7.52. The molecule has 19 heavy (non-hydrogen) atoms. The van der Waals surface area contributed by atoms with Crippen LogP contribution in [0, 0.1) is 5.92 Å². The standard InChI is InChI=1S/C15H17BrN2O/c1-11(6-8-16)10-18-15(19)14-13-5-3-2-4-12(13)7-9-17-14/h2-5,7,9,11H,6,8,10H2,1H3,(H,18,19). The van der Waals surface area contributed by atoms with Crippen LogP contribution in [0.4, 0.5) is 0 Å². The number of carbonyl (C=O) groups is 1. The van der Waals surface area contributed by atoms with Crippen molar-refractivity contribution in [3.8, 4) is 0 Å². The fourth-order valence-corrected chi connectivity index (χ4v) is 2.72. The quantitative estimate of drug-likeness (QED) is 0.858. The molecule has 1 atom stereocenters. The maximum Gasteiger partial charge on any atom is 0.270 e. The number of fused-ring (bicyclic) bond motifs is 1. The number of halogens is 1. The highest BCUT2D eigenvalue weighted by molar-refractivity contribution is 9.09. The molecule has 0 spiro atoms. The summed E-state index contributed by atoms with van der Waals surface area (Å²) >= 11 is 3.41. The fraction of sp³-hybridized carbons (Fsp3) is 0.333. The Morgan fingerprint density at radius 2 is 2.16 bits per heavy atom. The minimum absolute atomic E-state index is 0.0989. The lowest BCUT2D eigenvalue weighted by molar-refractivity contribution is 0.0945. The highest BCUT2D eigenvalue weighted by Gasteiger charge is 2.12. The van der Waals surface area contributed by atoms with Gasteiger partial charge < -0.3 is 5.32 Å². The summed E-state index contributed by atoms with van der Waals surface area (Å²) in [7, 11) is 0. The summed E-state index contributed by atoms with van der Waals surface area (Å²) in [6.45, 7) is 2.80. The molecule has 1 aromatic carbocycles. The molecule has 1 amide bonds. The molecule has 1 aromatic heterocycles. The number of hydrogen-bond acceptors (Lipinski definition) is 2. The normalized spacial score (nSPS) is 12.3. The summed E-state index contributed by atoms with van der Waals surface area (Å²) in [5.41, 5.74) is 0.504. The van der Waals surface area contributed by atoms with Crippen molar-refractivity contribution in [2.45, 2.75) is 13.3 Å². The van der Waals surface area contributed by atoms with Crippen LogP contribution in [0.25, 0.3) is 10.8 Å². The van der Waals surface area contributed by atoms with E-state index in [2.05, 4.69) is 33.2 Å². The lowest BCUT2D eigenvalue weighted by Crippen LogP contribution is -2.29. The Morgan fingerprint density at radius 3 is 2.95 bits per heavy atom. The highest BCUT2D eigenvalue weighted by atomic mass is 79.9. The number of rotatable bonds is 5. The van der Waals surface area contributed by atoms with E-state index in [0.29, 0.717) is 18.2 Å². The number of aromatic nitrogens is 1. The van der Waals surface area contributed by atoms with Gasteiger partial charge >= 0.3 is 0 Å². The van der Waals surface area contributed by atoms with E-state index in [1.807, 2.05) is 30.3 Å². The van der Waals surface area contributed by atoms with Gasteiger partial charge in [0.25, 0.3) is 5.91 Å². The predicted molar refractivity (Wildman–Crippen MR) is 81.7 cm³/mol. The van der Waals surface area contributed by atoms with E-state index in [1.165, 1.54) is 0 Å². The zero-order chi connectivity index (χ0) is 13.7. The van der Waals surface area contributed by atoms with Gasteiger partial charge in [-0.1, -0.05) is 47.1 Å². The summed E-state index contributed by atoms with van der Waals surface area (Å²) in [4.78, 5) is 16.4. The van der Waals surface area contributed by atoms with Gasteiger partial charge in [0.2, 0.25) is 0 Å². The number of hydrogen-bond donors (Lipinski definition) is 1. The molecular weight excluding hydrogens is 304 g/mol. The zero-order valence-electron chi connectivity index (χ0n) is 10.9. The molecule has 3 nitrogen and oxygen atoms in total. The second-order valence-corrected chi connectivity index (χ2v) is 5.47. The summed E-state index contributed by atoms with van der Waals surface area (Å²) in [5, 5.41) is 5.85. The minimum Gasteiger partial charge on any atom is -0.350 e. The summed E-state index contributed by atoms with van der Waals surface area (Å²) < 4.78 is 0. The highest BCUT2D eigenvalue weighted by Crippen LogP contribution is 2.16. The van der Waals surface area contributed by atoms with E-state index in [0.717, 1.165) is 22.5 Å². The van der Waals surface area contributed by atoms with Gasteiger partial charge in [-0.25, -0.2) is 0 Å². The smallest absolute Gasteiger partial charge is 0.270 e. The largest absolute Gasteiger partial charge is 0.350 e. The third kappa shape index (κ3) is 3.53. The average molecular weight is 321 g/mol. The van der Waals surface area contributed by atoms with Gasteiger partial charge in [-0.05, 0) is 23.8 Å². The Bertz CT molecular complexity index is 566. The predicted octanol–water partition coefficient (Wildman–Crippen LogP) is 3.39. The van der Waals surface area contributed by atoms with Gasteiger partial charge in [0.05, 0.1) is 0 Å². The van der Waals surface area contributed by atoms with Crippen molar-refractivity contribution in [2.75, 3.05) is 11.9 Å². The first kappa shape index (κ1) is 14.0. The van der Waals surface area contributed by atoms with Crippen LogP contribution in [0.3, 0.4) is 0 Å². The van der Waals surface area contributed by atoms with Crippen LogP contribution < -0.4 is 5.32 Å². The van der Waals surface area contributed by atoms with Crippen molar-refractivity contribution in [2.24, 2.45) is 5.92 Å². The van der Waals surface area contributed by atoms with E-state index in [1.54, 1.807) is 6.20 Å². The van der Waals surface area contributed by atoms with Crippen molar-refractivity contribution in [1.82, 2.24) is 10.3 Å². The van der Waals surface area contributed by atoms with E-state index < -0.39 is 0 Å². The molecule has 0 aliphatic carbocycles. The number of nitrogens with zero attached hydrogens (tertiary/aromatic N) is 1. The Kier molecular flexibility index (Phi) is 4.91. The van der Waals surface area contributed by atoms with Crippen LogP contribution in [-0.2, 0) is 0 Å². The fourth-order valence-electron chi connectivity index (χ4n) is 1.94. The summed E-state index contributed by atoms with van der Waals surface area (Å²) in [6, 6.07) is 9.72. The molecular formula is C15H17BrN2O. The second-order valence-electron chi connectivity index (χ2n) is 4.67. The SMILES string of the molecule is CC(CCBr)CNC(=O)c1nccc2ccccc12. The van der Waals surface area contributed by atoms with Crippen molar-refractivity contribution in [3.05, 3.63) is 42.2 Å². The van der Waals surface area contributed by atoms with Gasteiger partial charge in [-0.2, -0.15) is 0 Å². The molecule has 0 aliphatic heterocycles. The van der Waals surface area contributed by atoms with Crippen LogP contribution in [-0.4, -0.2) is 22.8 Å². The number of carbonyl (C=O) groups excluding carboxylic acids is 1.